The van der Waals surface area contributed by atoms with Crippen molar-refractivity contribution in [2.75, 3.05) is 0 Å². The van der Waals surface area contributed by atoms with Crippen LogP contribution in [-0.2, 0) is 5.41 Å². The van der Waals surface area contributed by atoms with Crippen molar-refractivity contribution in [1.29, 1.82) is 0 Å². The molecule has 8 aromatic carbocycles. The van der Waals surface area contributed by atoms with Gasteiger partial charge in [-0.3, -0.25) is 0 Å². The first kappa shape index (κ1) is 32.2. The van der Waals surface area contributed by atoms with Crippen LogP contribution < -0.4 is 10.1 Å². The fourth-order valence-corrected chi connectivity index (χ4v) is 8.92. The van der Waals surface area contributed by atoms with Gasteiger partial charge in [-0.1, -0.05) is 188 Å². The van der Waals surface area contributed by atoms with E-state index in [2.05, 4.69) is 169 Å². The van der Waals surface area contributed by atoms with E-state index in [4.69, 9.17) is 14.7 Å². The van der Waals surface area contributed by atoms with Crippen molar-refractivity contribution in [3.05, 3.63) is 239 Å². The Balaban J connectivity index is 0.975. The number of ether oxygens (including phenoxy) is 1. The summed E-state index contributed by atoms with van der Waals surface area (Å²) in [5, 5.41) is 3.61. The minimum atomic E-state index is -0.491. The molecular weight excluding hydrogens is 683 g/mol. The maximum absolute atomic E-state index is 6.93. The molecule has 1 N–H and O–H groups in total. The van der Waals surface area contributed by atoms with Crippen molar-refractivity contribution in [3.63, 3.8) is 0 Å². The van der Waals surface area contributed by atoms with Crippen LogP contribution in [0.5, 0.6) is 11.5 Å². The second-order valence-corrected chi connectivity index (χ2v) is 14.5. The van der Waals surface area contributed by atoms with Gasteiger partial charge in [0.05, 0.1) is 5.41 Å². The summed E-state index contributed by atoms with van der Waals surface area (Å²) in [5.74, 6) is 3.31. The van der Waals surface area contributed by atoms with Gasteiger partial charge < -0.3 is 10.1 Å². The summed E-state index contributed by atoms with van der Waals surface area (Å²) < 4.78 is 6.93. The molecule has 0 bridgehead atoms. The first-order valence-electron chi connectivity index (χ1n) is 19.1. The normalized spacial score (nSPS) is 15.6. The van der Waals surface area contributed by atoms with E-state index in [0.717, 1.165) is 61.8 Å². The summed E-state index contributed by atoms with van der Waals surface area (Å²) in [5.41, 5.74) is 14.5. The van der Waals surface area contributed by atoms with Crippen LogP contribution in [0.4, 0.5) is 0 Å². The molecule has 0 radical (unpaired) electrons. The van der Waals surface area contributed by atoms with Gasteiger partial charge in [-0.15, -0.1) is 0 Å². The molecular formula is C52H35N3O. The molecule has 11 rings (SSSR count). The van der Waals surface area contributed by atoms with E-state index in [1.807, 2.05) is 36.4 Å². The van der Waals surface area contributed by atoms with Crippen molar-refractivity contribution >= 4 is 11.7 Å². The van der Waals surface area contributed by atoms with Crippen LogP contribution in [0.1, 0.15) is 45.1 Å². The predicted octanol–water partition coefficient (Wildman–Crippen LogP) is 12.0. The number of aliphatic imine (C=N–C) groups is 2. The molecule has 1 spiro atoms. The summed E-state index contributed by atoms with van der Waals surface area (Å²) in [4.78, 5) is 10.1. The highest BCUT2D eigenvalue weighted by Crippen LogP contribution is 2.63. The zero-order chi connectivity index (χ0) is 37.1. The molecule has 4 heteroatoms. The number of fused-ring (bicyclic) bond motifs is 9. The van der Waals surface area contributed by atoms with Crippen LogP contribution in [0.2, 0.25) is 0 Å². The fraction of sp³-hybridized carbons (Fsp3) is 0.0385. The van der Waals surface area contributed by atoms with E-state index in [1.165, 1.54) is 27.8 Å². The van der Waals surface area contributed by atoms with Gasteiger partial charge in [0, 0.05) is 27.8 Å². The van der Waals surface area contributed by atoms with Crippen molar-refractivity contribution in [2.24, 2.45) is 9.98 Å². The lowest BCUT2D eigenvalue weighted by atomic mass is 9.65. The number of nitrogens with zero attached hydrogens (tertiary/aromatic N) is 2. The van der Waals surface area contributed by atoms with Crippen LogP contribution in [0.3, 0.4) is 0 Å². The lowest BCUT2D eigenvalue weighted by molar-refractivity contribution is 0.438. The third-order valence-corrected chi connectivity index (χ3v) is 11.4. The average Bonchev–Trinajstić information content (AvgIpc) is 3.57. The molecule has 4 nitrogen and oxygen atoms in total. The highest BCUT2D eigenvalue weighted by molar-refractivity contribution is 6.13. The Morgan fingerprint density at radius 1 is 0.429 bits per heavy atom. The maximum atomic E-state index is 6.93. The zero-order valence-corrected chi connectivity index (χ0v) is 30.4. The Bertz CT molecular complexity index is 2810. The molecule has 0 aromatic heterocycles. The molecule has 2 aliphatic heterocycles. The Morgan fingerprint density at radius 2 is 0.982 bits per heavy atom. The predicted molar refractivity (Wildman–Crippen MR) is 227 cm³/mol. The monoisotopic (exact) mass is 717 g/mol. The number of nitrogens with one attached hydrogen (secondary N) is 1. The molecule has 0 fully saturated rings. The van der Waals surface area contributed by atoms with E-state index in [0.29, 0.717) is 5.84 Å². The molecule has 1 aliphatic carbocycles. The number of rotatable bonds is 5. The molecule has 8 aromatic rings. The van der Waals surface area contributed by atoms with Crippen LogP contribution in [0, 0.1) is 0 Å². The molecule has 0 saturated heterocycles. The minimum Gasteiger partial charge on any atom is -0.456 e. The molecule has 264 valence electrons. The van der Waals surface area contributed by atoms with Crippen LogP contribution in [0.15, 0.2) is 210 Å². The lowest BCUT2D eigenvalue weighted by Crippen LogP contribution is -2.33. The molecule has 1 atom stereocenters. The smallest absolute Gasteiger partial charge is 0.159 e. The minimum absolute atomic E-state index is 0.300. The van der Waals surface area contributed by atoms with Crippen LogP contribution >= 0.6 is 0 Å². The summed E-state index contributed by atoms with van der Waals surface area (Å²) in [6.07, 6.45) is -0.300. The standard InChI is InChI=1S/C52H35N3O/c1-3-15-36(16-4-1)49-53-50(37-17-5-2-6-18-37)55-51(54-49)39-20-13-19-38(33-39)34-29-31-35(32-30-34)40-23-14-27-46-48(40)56-47-28-12-11-26-45(47)52(46)43-24-9-7-21-41(43)42-22-8-10-25-44(42)52/h1-33,51H,(H,53,54,55). The van der Waals surface area contributed by atoms with E-state index >= 15 is 0 Å². The van der Waals surface area contributed by atoms with E-state index < -0.39 is 5.41 Å². The number of hydrogen-bond donors (Lipinski definition) is 1. The van der Waals surface area contributed by atoms with Gasteiger partial charge in [0.15, 0.2) is 5.84 Å². The second-order valence-electron chi connectivity index (χ2n) is 14.5. The zero-order valence-electron chi connectivity index (χ0n) is 30.4. The third-order valence-electron chi connectivity index (χ3n) is 11.4. The molecule has 3 aliphatic rings. The number of amidine groups is 2. The Kier molecular flexibility index (Phi) is 7.42. The third kappa shape index (κ3) is 5.00. The van der Waals surface area contributed by atoms with Gasteiger partial charge >= 0.3 is 0 Å². The Morgan fingerprint density at radius 3 is 1.71 bits per heavy atom. The van der Waals surface area contributed by atoms with E-state index in [-0.39, 0.29) is 6.17 Å². The second kappa shape index (κ2) is 12.9. The van der Waals surface area contributed by atoms with Crippen molar-refractivity contribution in [3.8, 4) is 44.9 Å². The lowest BCUT2D eigenvalue weighted by Gasteiger charge is -2.40. The molecule has 56 heavy (non-hydrogen) atoms. The first-order chi connectivity index (χ1) is 27.8. The maximum Gasteiger partial charge on any atom is 0.159 e. The van der Waals surface area contributed by atoms with Gasteiger partial charge in [-0.2, -0.15) is 0 Å². The van der Waals surface area contributed by atoms with Gasteiger partial charge in [0.25, 0.3) is 0 Å². The van der Waals surface area contributed by atoms with Crippen molar-refractivity contribution in [1.82, 2.24) is 5.32 Å². The van der Waals surface area contributed by atoms with Crippen molar-refractivity contribution < 1.29 is 4.74 Å². The number of para-hydroxylation sites is 2. The van der Waals surface area contributed by atoms with Crippen molar-refractivity contribution in [2.45, 2.75) is 11.6 Å². The van der Waals surface area contributed by atoms with Crippen LogP contribution in [-0.4, -0.2) is 11.7 Å². The highest BCUT2D eigenvalue weighted by atomic mass is 16.5. The first-order valence-corrected chi connectivity index (χ1v) is 19.1. The summed E-state index contributed by atoms with van der Waals surface area (Å²) in [6.45, 7) is 0. The van der Waals surface area contributed by atoms with Gasteiger partial charge in [0.2, 0.25) is 0 Å². The Hall–Kier alpha value is -7.30. The SMILES string of the molecule is c1ccc(C2=NC(c3cccc(-c4ccc(-c5cccc6c5Oc5ccccc5C65c6ccccc6-c6ccccc65)cc4)c3)NC(c3ccccc3)=N2)cc1. The number of hydrogen-bond acceptors (Lipinski definition) is 4. The molecule has 0 saturated carbocycles. The topological polar surface area (TPSA) is 46.0 Å². The molecule has 2 heterocycles. The van der Waals surface area contributed by atoms with E-state index in [9.17, 15) is 0 Å². The number of benzene rings is 8. The van der Waals surface area contributed by atoms with E-state index in [1.54, 1.807) is 0 Å². The summed E-state index contributed by atoms with van der Waals surface area (Å²) >= 11 is 0. The molecule has 0 amide bonds. The molecule has 1 unspecified atom stereocenters. The van der Waals surface area contributed by atoms with Gasteiger partial charge in [-0.25, -0.2) is 9.98 Å². The average molecular weight is 718 g/mol. The Labute approximate surface area is 326 Å². The quantitative estimate of drug-likeness (QED) is 0.193. The van der Waals surface area contributed by atoms with Gasteiger partial charge in [-0.05, 0) is 56.6 Å². The fourth-order valence-electron chi connectivity index (χ4n) is 8.92. The summed E-state index contributed by atoms with van der Waals surface area (Å²) in [7, 11) is 0. The summed E-state index contributed by atoms with van der Waals surface area (Å²) in [6, 6.07) is 70.8. The highest BCUT2D eigenvalue weighted by Gasteiger charge is 2.51. The largest absolute Gasteiger partial charge is 0.456 e. The van der Waals surface area contributed by atoms with Gasteiger partial charge in [0.1, 0.15) is 23.5 Å². The van der Waals surface area contributed by atoms with Crippen LogP contribution in [0.25, 0.3) is 33.4 Å².